The smallest absolute Gasteiger partial charge is 0.0551 e. The maximum absolute atomic E-state index is 6.20. The molecule has 0 saturated carbocycles. The fourth-order valence-corrected chi connectivity index (χ4v) is 3.27. The van der Waals surface area contributed by atoms with Crippen molar-refractivity contribution in [1.82, 2.24) is 9.80 Å². The summed E-state index contributed by atoms with van der Waals surface area (Å²) in [7, 11) is 0. The fourth-order valence-electron chi connectivity index (χ4n) is 2.83. The van der Waals surface area contributed by atoms with E-state index in [0.29, 0.717) is 6.54 Å². The van der Waals surface area contributed by atoms with Crippen LogP contribution >= 0.6 is 27.5 Å². The van der Waals surface area contributed by atoms with E-state index < -0.39 is 0 Å². The molecule has 112 valence electrons. The Balaban J connectivity index is 2.03. The lowest BCUT2D eigenvalue weighted by atomic mass is 10.0. The predicted octanol–water partition coefficient (Wildman–Crippen LogP) is 3.13. The Morgan fingerprint density at radius 1 is 1.30 bits per heavy atom. The molecule has 1 saturated heterocycles. The molecule has 0 bridgehead atoms. The van der Waals surface area contributed by atoms with Crippen molar-refractivity contribution in [2.24, 2.45) is 5.73 Å². The van der Waals surface area contributed by atoms with Gasteiger partial charge in [0.25, 0.3) is 0 Å². The number of benzene rings is 1. The van der Waals surface area contributed by atoms with Gasteiger partial charge in [-0.25, -0.2) is 0 Å². The molecule has 0 aliphatic carbocycles. The highest BCUT2D eigenvalue weighted by Crippen LogP contribution is 2.28. The topological polar surface area (TPSA) is 32.5 Å². The lowest BCUT2D eigenvalue weighted by Crippen LogP contribution is -2.49. The third-order valence-electron chi connectivity index (χ3n) is 3.94. The van der Waals surface area contributed by atoms with Crippen molar-refractivity contribution in [1.29, 1.82) is 0 Å². The van der Waals surface area contributed by atoms with Gasteiger partial charge in [-0.1, -0.05) is 24.6 Å². The van der Waals surface area contributed by atoms with Gasteiger partial charge >= 0.3 is 0 Å². The lowest BCUT2D eigenvalue weighted by molar-refractivity contribution is 0.0985. The zero-order valence-electron chi connectivity index (χ0n) is 12.0. The first kappa shape index (κ1) is 16.2. The fraction of sp³-hybridized carbons (Fsp3) is 0.600. The molecule has 20 heavy (non-hydrogen) atoms. The van der Waals surface area contributed by atoms with Crippen molar-refractivity contribution >= 4 is 27.5 Å². The Labute approximate surface area is 135 Å². The molecular formula is C15H23BrClN3. The zero-order chi connectivity index (χ0) is 14.5. The van der Waals surface area contributed by atoms with Crippen LogP contribution in [0.5, 0.6) is 0 Å². The minimum atomic E-state index is 0.268. The van der Waals surface area contributed by atoms with E-state index in [4.69, 9.17) is 17.3 Å². The van der Waals surface area contributed by atoms with Gasteiger partial charge in [-0.05, 0) is 46.6 Å². The number of halogens is 2. The second-order valence-corrected chi connectivity index (χ2v) is 6.56. The van der Waals surface area contributed by atoms with E-state index in [2.05, 4.69) is 38.7 Å². The van der Waals surface area contributed by atoms with Crippen LogP contribution in [0, 0.1) is 0 Å². The molecule has 0 amide bonds. The molecule has 0 aromatic heterocycles. The molecular weight excluding hydrogens is 338 g/mol. The van der Waals surface area contributed by atoms with Crippen molar-refractivity contribution in [3.63, 3.8) is 0 Å². The number of piperazine rings is 1. The van der Waals surface area contributed by atoms with Crippen LogP contribution in [0.1, 0.15) is 24.9 Å². The maximum Gasteiger partial charge on any atom is 0.0551 e. The number of hydrogen-bond acceptors (Lipinski definition) is 3. The number of rotatable bonds is 5. The van der Waals surface area contributed by atoms with Crippen molar-refractivity contribution in [2.75, 3.05) is 39.3 Å². The molecule has 1 aliphatic rings. The van der Waals surface area contributed by atoms with Crippen molar-refractivity contribution in [3.8, 4) is 0 Å². The molecule has 0 radical (unpaired) electrons. The quantitative estimate of drug-likeness (QED) is 0.875. The number of hydrogen-bond donors (Lipinski definition) is 1. The standard InChI is InChI=1S/C15H23BrClN3/c1-2-5-19-6-8-20(9-7-19)15(11-18)12-3-4-13(16)14(17)10-12/h3-4,10,15H,2,5-9,11,18H2,1H3. The van der Waals surface area contributed by atoms with Crippen LogP contribution in [-0.2, 0) is 0 Å². The third-order valence-corrected chi connectivity index (χ3v) is 5.17. The first-order chi connectivity index (χ1) is 9.65. The highest BCUT2D eigenvalue weighted by Gasteiger charge is 2.24. The van der Waals surface area contributed by atoms with Crippen LogP contribution in [0.4, 0.5) is 0 Å². The molecule has 2 rings (SSSR count). The first-order valence-corrected chi connectivity index (χ1v) is 8.44. The third kappa shape index (κ3) is 3.95. The molecule has 1 aliphatic heterocycles. The number of nitrogens with two attached hydrogens (primary N) is 1. The van der Waals surface area contributed by atoms with E-state index in [0.717, 1.165) is 35.7 Å². The van der Waals surface area contributed by atoms with Crippen molar-refractivity contribution < 1.29 is 0 Å². The van der Waals surface area contributed by atoms with Gasteiger partial charge in [0, 0.05) is 43.2 Å². The second kappa shape index (κ2) is 7.76. The van der Waals surface area contributed by atoms with Gasteiger partial charge < -0.3 is 10.6 Å². The average Bonchev–Trinajstić information content (AvgIpc) is 2.46. The molecule has 1 aromatic carbocycles. The van der Waals surface area contributed by atoms with Crippen molar-refractivity contribution in [3.05, 3.63) is 33.3 Å². The summed E-state index contributed by atoms with van der Waals surface area (Å²) < 4.78 is 0.937. The Morgan fingerprint density at radius 3 is 2.55 bits per heavy atom. The minimum absolute atomic E-state index is 0.268. The summed E-state index contributed by atoms with van der Waals surface area (Å²) in [6, 6.07) is 6.42. The summed E-state index contributed by atoms with van der Waals surface area (Å²) in [6.07, 6.45) is 1.22. The average molecular weight is 361 g/mol. The van der Waals surface area contributed by atoms with Gasteiger partial charge in [0.05, 0.1) is 5.02 Å². The normalized spacial score (nSPS) is 19.2. The van der Waals surface area contributed by atoms with Crippen LogP contribution < -0.4 is 5.73 Å². The summed E-state index contributed by atoms with van der Waals surface area (Å²) in [5, 5.41) is 0.755. The largest absolute Gasteiger partial charge is 0.329 e. The first-order valence-electron chi connectivity index (χ1n) is 7.27. The van der Waals surface area contributed by atoms with E-state index in [1.165, 1.54) is 18.5 Å². The van der Waals surface area contributed by atoms with E-state index in [1.807, 2.05) is 12.1 Å². The van der Waals surface area contributed by atoms with E-state index >= 15 is 0 Å². The van der Waals surface area contributed by atoms with Gasteiger partial charge in [0.15, 0.2) is 0 Å². The van der Waals surface area contributed by atoms with Gasteiger partial charge in [-0.2, -0.15) is 0 Å². The molecule has 1 heterocycles. The summed E-state index contributed by atoms with van der Waals surface area (Å²) in [5.41, 5.74) is 7.22. The highest BCUT2D eigenvalue weighted by atomic mass is 79.9. The summed E-state index contributed by atoms with van der Waals surface area (Å²) >= 11 is 9.64. The monoisotopic (exact) mass is 359 g/mol. The molecule has 1 unspecified atom stereocenters. The van der Waals surface area contributed by atoms with E-state index in [9.17, 15) is 0 Å². The van der Waals surface area contributed by atoms with Gasteiger partial charge in [-0.15, -0.1) is 0 Å². The predicted molar refractivity (Wildman–Crippen MR) is 89.3 cm³/mol. The van der Waals surface area contributed by atoms with Crippen LogP contribution in [0.25, 0.3) is 0 Å². The molecule has 1 fully saturated rings. The van der Waals surface area contributed by atoms with Crippen LogP contribution in [0.3, 0.4) is 0 Å². The molecule has 5 heteroatoms. The van der Waals surface area contributed by atoms with Crippen LogP contribution in [0.2, 0.25) is 5.02 Å². The van der Waals surface area contributed by atoms with Crippen LogP contribution in [0.15, 0.2) is 22.7 Å². The second-order valence-electron chi connectivity index (χ2n) is 5.30. The van der Waals surface area contributed by atoms with Gasteiger partial charge in [0.2, 0.25) is 0 Å². The van der Waals surface area contributed by atoms with Gasteiger partial charge in [-0.3, -0.25) is 4.90 Å². The van der Waals surface area contributed by atoms with Gasteiger partial charge in [0.1, 0.15) is 0 Å². The Bertz CT molecular complexity index is 433. The Kier molecular flexibility index (Phi) is 6.30. The number of nitrogens with zero attached hydrogens (tertiary/aromatic N) is 2. The lowest BCUT2D eigenvalue weighted by Gasteiger charge is -2.39. The van der Waals surface area contributed by atoms with E-state index in [1.54, 1.807) is 0 Å². The molecule has 1 atom stereocenters. The Morgan fingerprint density at radius 2 is 2.00 bits per heavy atom. The van der Waals surface area contributed by atoms with E-state index in [-0.39, 0.29) is 6.04 Å². The molecule has 2 N–H and O–H groups in total. The maximum atomic E-state index is 6.20. The summed E-state index contributed by atoms with van der Waals surface area (Å²) in [6.45, 7) is 8.49. The van der Waals surface area contributed by atoms with Crippen molar-refractivity contribution in [2.45, 2.75) is 19.4 Å². The SMILES string of the molecule is CCCN1CCN(C(CN)c2ccc(Br)c(Cl)c2)CC1. The van der Waals surface area contributed by atoms with Crippen LogP contribution in [-0.4, -0.2) is 49.1 Å². The highest BCUT2D eigenvalue weighted by molar-refractivity contribution is 9.10. The minimum Gasteiger partial charge on any atom is -0.329 e. The summed E-state index contributed by atoms with van der Waals surface area (Å²) in [5.74, 6) is 0. The summed E-state index contributed by atoms with van der Waals surface area (Å²) in [4.78, 5) is 5.00. The Hall–Kier alpha value is -0.130. The molecule has 1 aromatic rings. The zero-order valence-corrected chi connectivity index (χ0v) is 14.3. The molecule has 3 nitrogen and oxygen atoms in total. The molecule has 0 spiro atoms.